The van der Waals surface area contributed by atoms with Crippen molar-refractivity contribution in [1.29, 1.82) is 0 Å². The van der Waals surface area contributed by atoms with Crippen molar-refractivity contribution in [3.05, 3.63) is 52.3 Å². The molecular formula is C14H17F2N3. The summed E-state index contributed by atoms with van der Waals surface area (Å²) in [5.74, 6) is -1.72. The minimum atomic E-state index is -0.883. The molecule has 1 atom stereocenters. The number of aromatic nitrogens is 2. The van der Waals surface area contributed by atoms with Gasteiger partial charge in [-0.2, -0.15) is 5.10 Å². The van der Waals surface area contributed by atoms with Crippen LogP contribution in [-0.4, -0.2) is 9.78 Å². The monoisotopic (exact) mass is 265 g/mol. The molecule has 0 amide bonds. The van der Waals surface area contributed by atoms with E-state index < -0.39 is 17.7 Å². The van der Waals surface area contributed by atoms with Crippen molar-refractivity contribution < 1.29 is 8.78 Å². The molecule has 0 aliphatic carbocycles. The Labute approximate surface area is 111 Å². The molecule has 2 rings (SSSR count). The molecule has 3 nitrogen and oxygen atoms in total. The number of halogens is 2. The van der Waals surface area contributed by atoms with E-state index in [1.54, 1.807) is 11.7 Å². The van der Waals surface area contributed by atoms with Gasteiger partial charge in [0, 0.05) is 12.6 Å². The molecule has 0 spiro atoms. The first-order chi connectivity index (χ1) is 8.95. The minimum absolute atomic E-state index is 0.147. The number of rotatable bonds is 3. The summed E-state index contributed by atoms with van der Waals surface area (Å²) in [5.41, 5.74) is 8.00. The Bertz CT molecular complexity index is 605. The Morgan fingerprint density at radius 1 is 1.32 bits per heavy atom. The lowest BCUT2D eigenvalue weighted by Gasteiger charge is -2.14. The number of nitrogens with two attached hydrogens (primary N) is 1. The highest BCUT2D eigenvalue weighted by Gasteiger charge is 2.20. The summed E-state index contributed by atoms with van der Waals surface area (Å²) in [5, 5.41) is 4.27. The van der Waals surface area contributed by atoms with Gasteiger partial charge in [0.15, 0.2) is 11.6 Å². The number of hydrogen-bond acceptors (Lipinski definition) is 2. The van der Waals surface area contributed by atoms with E-state index in [9.17, 15) is 8.78 Å². The van der Waals surface area contributed by atoms with Gasteiger partial charge in [-0.05, 0) is 25.0 Å². The van der Waals surface area contributed by atoms with Crippen molar-refractivity contribution in [2.24, 2.45) is 12.8 Å². The lowest BCUT2D eigenvalue weighted by atomic mass is 10.0. The van der Waals surface area contributed by atoms with E-state index >= 15 is 0 Å². The van der Waals surface area contributed by atoms with Gasteiger partial charge in [0.1, 0.15) is 0 Å². The van der Waals surface area contributed by atoms with E-state index in [1.165, 1.54) is 19.1 Å². The van der Waals surface area contributed by atoms with Crippen LogP contribution in [0.2, 0.25) is 0 Å². The molecule has 0 aliphatic rings. The molecule has 5 heteroatoms. The van der Waals surface area contributed by atoms with Crippen LogP contribution in [0.25, 0.3) is 0 Å². The Morgan fingerprint density at radius 2 is 2.00 bits per heavy atom. The fourth-order valence-electron chi connectivity index (χ4n) is 2.07. The number of benzene rings is 1. The molecular weight excluding hydrogens is 248 g/mol. The minimum Gasteiger partial charge on any atom is -0.319 e. The SMILES string of the molecule is CCc1cc(C(N)c2ccc(C)c(F)c2F)n(C)n1. The molecule has 2 N–H and O–H groups in total. The van der Waals surface area contributed by atoms with Crippen molar-refractivity contribution in [1.82, 2.24) is 9.78 Å². The zero-order chi connectivity index (χ0) is 14.2. The quantitative estimate of drug-likeness (QED) is 0.927. The van der Waals surface area contributed by atoms with Gasteiger partial charge < -0.3 is 5.73 Å². The van der Waals surface area contributed by atoms with Crippen LogP contribution in [-0.2, 0) is 13.5 Å². The first kappa shape index (κ1) is 13.7. The van der Waals surface area contributed by atoms with Gasteiger partial charge in [-0.1, -0.05) is 19.1 Å². The molecule has 1 unspecified atom stereocenters. The third kappa shape index (κ3) is 2.38. The van der Waals surface area contributed by atoms with Gasteiger partial charge in [-0.25, -0.2) is 8.78 Å². The fourth-order valence-corrected chi connectivity index (χ4v) is 2.07. The van der Waals surface area contributed by atoms with E-state index in [2.05, 4.69) is 5.10 Å². The summed E-state index contributed by atoms with van der Waals surface area (Å²) in [4.78, 5) is 0. The van der Waals surface area contributed by atoms with E-state index in [-0.39, 0.29) is 11.1 Å². The number of nitrogens with zero attached hydrogens (tertiary/aromatic N) is 2. The molecule has 1 aromatic carbocycles. The maximum absolute atomic E-state index is 13.9. The zero-order valence-electron chi connectivity index (χ0n) is 11.2. The predicted octanol–water partition coefficient (Wildman–Crippen LogP) is 2.62. The van der Waals surface area contributed by atoms with Gasteiger partial charge in [0.2, 0.25) is 0 Å². The Hall–Kier alpha value is -1.75. The van der Waals surface area contributed by atoms with Crippen molar-refractivity contribution in [3.8, 4) is 0 Å². The Kier molecular flexibility index (Phi) is 3.66. The van der Waals surface area contributed by atoms with Gasteiger partial charge in [0.25, 0.3) is 0 Å². The maximum Gasteiger partial charge on any atom is 0.164 e. The molecule has 1 heterocycles. The van der Waals surface area contributed by atoms with Crippen molar-refractivity contribution >= 4 is 0 Å². The molecule has 19 heavy (non-hydrogen) atoms. The summed E-state index contributed by atoms with van der Waals surface area (Å²) in [7, 11) is 1.75. The summed E-state index contributed by atoms with van der Waals surface area (Å²) >= 11 is 0. The Balaban J connectivity index is 2.46. The van der Waals surface area contributed by atoms with E-state index in [0.717, 1.165) is 12.1 Å². The lowest BCUT2D eigenvalue weighted by Crippen LogP contribution is -2.18. The first-order valence-corrected chi connectivity index (χ1v) is 6.18. The summed E-state index contributed by atoms with van der Waals surface area (Å²) in [6, 6.07) is 4.15. The second-order valence-corrected chi connectivity index (χ2v) is 4.62. The summed E-state index contributed by atoms with van der Waals surface area (Å²) in [6.45, 7) is 3.50. The van der Waals surface area contributed by atoms with Crippen molar-refractivity contribution in [2.75, 3.05) is 0 Å². The standard InChI is InChI=1S/C14H17F2N3/c1-4-9-7-11(19(3)18-9)14(17)10-6-5-8(2)12(15)13(10)16/h5-7,14H,4,17H2,1-3H3. The highest BCUT2D eigenvalue weighted by atomic mass is 19.2. The van der Waals surface area contributed by atoms with Crippen molar-refractivity contribution in [2.45, 2.75) is 26.3 Å². The third-order valence-electron chi connectivity index (χ3n) is 3.29. The van der Waals surface area contributed by atoms with Gasteiger partial charge in [-0.15, -0.1) is 0 Å². The summed E-state index contributed by atoms with van der Waals surface area (Å²) < 4.78 is 29.1. The molecule has 0 aliphatic heterocycles. The molecule has 1 aromatic heterocycles. The van der Waals surface area contributed by atoms with Crippen LogP contribution in [0.15, 0.2) is 18.2 Å². The Morgan fingerprint density at radius 3 is 2.58 bits per heavy atom. The van der Waals surface area contributed by atoms with Crippen LogP contribution >= 0.6 is 0 Å². The fraction of sp³-hybridized carbons (Fsp3) is 0.357. The van der Waals surface area contributed by atoms with Crippen molar-refractivity contribution in [3.63, 3.8) is 0 Å². The molecule has 0 saturated heterocycles. The average Bonchev–Trinajstić information content (AvgIpc) is 2.77. The maximum atomic E-state index is 13.9. The zero-order valence-corrected chi connectivity index (χ0v) is 11.2. The first-order valence-electron chi connectivity index (χ1n) is 6.18. The smallest absolute Gasteiger partial charge is 0.164 e. The van der Waals surface area contributed by atoms with Crippen LogP contribution in [0, 0.1) is 18.6 Å². The highest BCUT2D eigenvalue weighted by molar-refractivity contribution is 5.33. The lowest BCUT2D eigenvalue weighted by molar-refractivity contribution is 0.486. The molecule has 0 radical (unpaired) electrons. The molecule has 0 bridgehead atoms. The number of aryl methyl sites for hydroxylation is 3. The molecule has 0 saturated carbocycles. The topological polar surface area (TPSA) is 43.8 Å². The van der Waals surface area contributed by atoms with Gasteiger partial charge >= 0.3 is 0 Å². The molecule has 2 aromatic rings. The number of hydrogen-bond donors (Lipinski definition) is 1. The highest BCUT2D eigenvalue weighted by Crippen LogP contribution is 2.25. The predicted molar refractivity (Wildman–Crippen MR) is 69.7 cm³/mol. The second kappa shape index (κ2) is 5.09. The van der Waals surface area contributed by atoms with Crippen LogP contribution in [0.1, 0.15) is 35.5 Å². The largest absolute Gasteiger partial charge is 0.319 e. The second-order valence-electron chi connectivity index (χ2n) is 4.62. The van der Waals surface area contributed by atoms with Crippen LogP contribution in [0.4, 0.5) is 8.78 Å². The molecule has 0 fully saturated rings. The van der Waals surface area contributed by atoms with E-state index in [0.29, 0.717) is 5.69 Å². The van der Waals surface area contributed by atoms with Gasteiger partial charge in [0.05, 0.1) is 17.4 Å². The normalized spacial score (nSPS) is 12.7. The van der Waals surface area contributed by atoms with E-state index in [1.807, 2.05) is 13.0 Å². The molecule has 102 valence electrons. The summed E-state index contributed by atoms with van der Waals surface area (Å²) in [6.07, 6.45) is 0.769. The third-order valence-corrected chi connectivity index (χ3v) is 3.29. The van der Waals surface area contributed by atoms with Gasteiger partial charge in [-0.3, -0.25) is 4.68 Å². The van der Waals surface area contributed by atoms with Crippen LogP contribution < -0.4 is 5.73 Å². The average molecular weight is 265 g/mol. The van der Waals surface area contributed by atoms with Crippen LogP contribution in [0.3, 0.4) is 0 Å². The van der Waals surface area contributed by atoms with Crippen LogP contribution in [0.5, 0.6) is 0 Å². The van der Waals surface area contributed by atoms with E-state index in [4.69, 9.17) is 5.73 Å².